The Hall–Kier alpha value is -4.89. The van der Waals surface area contributed by atoms with Crippen LogP contribution in [0.25, 0.3) is 28.1 Å². The van der Waals surface area contributed by atoms with E-state index in [1.54, 1.807) is 55.3 Å². The summed E-state index contributed by atoms with van der Waals surface area (Å²) in [6, 6.07) is 25.9. The lowest BCUT2D eigenvalue weighted by molar-refractivity contribution is -0.132. The highest BCUT2D eigenvalue weighted by molar-refractivity contribution is 9.10. The molecule has 0 saturated heterocycles. The van der Waals surface area contributed by atoms with Crippen LogP contribution in [0.5, 0.6) is 17.4 Å². The predicted molar refractivity (Wildman–Crippen MR) is 170 cm³/mol. The molecule has 1 heterocycles. The minimum absolute atomic E-state index is 0.235. The number of aryl methyl sites for hydroxylation is 1. The van der Waals surface area contributed by atoms with Gasteiger partial charge in [-0.15, -0.1) is 0 Å². The molecule has 218 valence electrons. The number of aromatic nitrogens is 2. The van der Waals surface area contributed by atoms with Crippen LogP contribution < -0.4 is 19.5 Å². The summed E-state index contributed by atoms with van der Waals surface area (Å²) in [5.74, 6) is 0.716. The first-order valence-electron chi connectivity index (χ1n) is 13.5. The number of halogens is 1. The van der Waals surface area contributed by atoms with Gasteiger partial charge in [0.05, 0.1) is 25.5 Å². The third kappa shape index (κ3) is 6.32. The molecule has 0 radical (unpaired) electrons. The quantitative estimate of drug-likeness (QED) is 0.174. The third-order valence-corrected chi connectivity index (χ3v) is 7.52. The summed E-state index contributed by atoms with van der Waals surface area (Å²) in [7, 11) is 3.17. The topological polar surface area (TPSA) is 91.7 Å². The number of carbonyl (C=O) groups excluding carboxylic acids is 2. The van der Waals surface area contributed by atoms with E-state index in [-0.39, 0.29) is 11.8 Å². The second kappa shape index (κ2) is 12.5. The van der Waals surface area contributed by atoms with Crippen molar-refractivity contribution in [2.24, 2.45) is 0 Å². The highest BCUT2D eigenvalue weighted by Crippen LogP contribution is 2.43. The van der Waals surface area contributed by atoms with Gasteiger partial charge in [-0.05, 0) is 79.1 Å². The monoisotopic (exact) mass is 639 g/mol. The Balaban J connectivity index is 1.68. The molecule has 4 aromatic carbocycles. The van der Waals surface area contributed by atoms with E-state index in [0.717, 1.165) is 26.9 Å². The van der Waals surface area contributed by atoms with Gasteiger partial charge in [0.1, 0.15) is 17.2 Å². The average molecular weight is 641 g/mol. The van der Waals surface area contributed by atoms with Gasteiger partial charge in [-0.3, -0.25) is 9.59 Å². The van der Waals surface area contributed by atoms with Gasteiger partial charge in [-0.25, -0.2) is 0 Å². The highest BCUT2D eigenvalue weighted by atomic mass is 79.9. The van der Waals surface area contributed by atoms with E-state index in [1.807, 2.05) is 62.4 Å². The molecule has 0 fully saturated rings. The first-order chi connectivity index (χ1) is 20.7. The molecular weight excluding hydrogens is 610 g/mol. The lowest BCUT2D eigenvalue weighted by Crippen LogP contribution is -2.11. The number of ether oxygens (including phenoxy) is 3. The molecule has 43 heavy (non-hydrogen) atoms. The van der Waals surface area contributed by atoms with Gasteiger partial charge in [0.2, 0.25) is 5.88 Å². The molecule has 0 bridgehead atoms. The maximum absolute atomic E-state index is 12.8. The van der Waals surface area contributed by atoms with Crippen molar-refractivity contribution in [1.29, 1.82) is 0 Å². The molecule has 0 aliphatic rings. The predicted octanol–water partition coefficient (Wildman–Crippen LogP) is 7.78. The SMILES string of the molecule is COc1cc(OC)cc(-c2nn(-c3cccc(C)c3C)c(OC(C)=O)c2-c2ccc(NC(=O)c3cccc(Br)c3)cc2)c1. The first-order valence-corrected chi connectivity index (χ1v) is 14.3. The van der Waals surface area contributed by atoms with Crippen LogP contribution in [0.2, 0.25) is 0 Å². The van der Waals surface area contributed by atoms with Gasteiger partial charge in [0.25, 0.3) is 5.91 Å². The van der Waals surface area contributed by atoms with Crippen LogP contribution >= 0.6 is 15.9 Å². The van der Waals surface area contributed by atoms with Crippen LogP contribution in [0.1, 0.15) is 28.4 Å². The van der Waals surface area contributed by atoms with Crippen molar-refractivity contribution in [3.05, 3.63) is 106 Å². The summed E-state index contributed by atoms with van der Waals surface area (Å²) in [5.41, 5.74) is 6.55. The van der Waals surface area contributed by atoms with Crippen molar-refractivity contribution in [2.45, 2.75) is 20.8 Å². The largest absolute Gasteiger partial charge is 0.497 e. The van der Waals surface area contributed by atoms with E-state index < -0.39 is 5.97 Å². The van der Waals surface area contributed by atoms with Crippen molar-refractivity contribution in [2.75, 3.05) is 19.5 Å². The molecule has 1 aromatic heterocycles. The standard InChI is InChI=1S/C34H30BrN3O5/c1-20-8-6-11-30(21(20)2)38-34(43-22(3)39)31(32(37-38)25-17-28(41-4)19-29(18-25)42-5)23-12-14-27(15-13-23)36-33(40)24-9-7-10-26(35)16-24/h6-19H,1-5H3,(H,36,40). The summed E-state index contributed by atoms with van der Waals surface area (Å²) in [4.78, 5) is 25.3. The van der Waals surface area contributed by atoms with Crippen molar-refractivity contribution < 1.29 is 23.8 Å². The molecule has 0 aliphatic heterocycles. The zero-order valence-corrected chi connectivity index (χ0v) is 26.0. The summed E-state index contributed by atoms with van der Waals surface area (Å²) < 4.78 is 19.4. The molecule has 8 nitrogen and oxygen atoms in total. The van der Waals surface area contributed by atoms with Gasteiger partial charge >= 0.3 is 5.97 Å². The molecular formula is C34H30BrN3O5. The number of anilines is 1. The fourth-order valence-corrected chi connectivity index (χ4v) is 5.12. The summed E-state index contributed by atoms with van der Waals surface area (Å²) in [5, 5.41) is 7.94. The number of amides is 1. The molecule has 5 rings (SSSR count). The number of nitrogens with one attached hydrogen (secondary N) is 1. The van der Waals surface area contributed by atoms with E-state index in [9.17, 15) is 9.59 Å². The maximum atomic E-state index is 12.8. The molecule has 0 spiro atoms. The highest BCUT2D eigenvalue weighted by Gasteiger charge is 2.26. The van der Waals surface area contributed by atoms with Gasteiger partial charge in [0, 0.05) is 34.3 Å². The van der Waals surface area contributed by atoms with Gasteiger partial charge in [-0.1, -0.05) is 46.3 Å². The summed E-state index contributed by atoms with van der Waals surface area (Å²) in [6.07, 6.45) is 0. The molecule has 1 N–H and O–H groups in total. The Kier molecular flexibility index (Phi) is 8.63. The molecule has 0 aliphatic carbocycles. The lowest BCUT2D eigenvalue weighted by atomic mass is 10.00. The Morgan fingerprint density at radius 2 is 1.51 bits per heavy atom. The molecule has 0 unspecified atom stereocenters. The van der Waals surface area contributed by atoms with Crippen LogP contribution in [0.3, 0.4) is 0 Å². The second-order valence-electron chi connectivity index (χ2n) is 9.90. The van der Waals surface area contributed by atoms with E-state index >= 15 is 0 Å². The number of hydrogen-bond acceptors (Lipinski definition) is 6. The fraction of sp³-hybridized carbons (Fsp3) is 0.147. The summed E-state index contributed by atoms with van der Waals surface area (Å²) in [6.45, 7) is 5.38. The summed E-state index contributed by atoms with van der Waals surface area (Å²) >= 11 is 3.41. The maximum Gasteiger partial charge on any atom is 0.309 e. The fourth-order valence-electron chi connectivity index (χ4n) is 4.72. The number of hydrogen-bond donors (Lipinski definition) is 1. The van der Waals surface area contributed by atoms with E-state index in [1.165, 1.54) is 6.92 Å². The zero-order chi connectivity index (χ0) is 30.7. The minimum Gasteiger partial charge on any atom is -0.497 e. The normalized spacial score (nSPS) is 10.7. The smallest absolute Gasteiger partial charge is 0.309 e. The van der Waals surface area contributed by atoms with Crippen LogP contribution in [0.15, 0.2) is 89.4 Å². The van der Waals surface area contributed by atoms with Crippen LogP contribution in [0.4, 0.5) is 5.69 Å². The van der Waals surface area contributed by atoms with Crippen molar-refractivity contribution in [3.63, 3.8) is 0 Å². The van der Waals surface area contributed by atoms with E-state index in [2.05, 4.69) is 21.2 Å². The van der Waals surface area contributed by atoms with E-state index in [4.69, 9.17) is 19.3 Å². The van der Waals surface area contributed by atoms with Crippen LogP contribution in [-0.4, -0.2) is 35.9 Å². The number of rotatable bonds is 8. The van der Waals surface area contributed by atoms with Gasteiger partial charge in [-0.2, -0.15) is 9.78 Å². The number of benzene rings is 4. The van der Waals surface area contributed by atoms with Gasteiger partial charge < -0.3 is 19.5 Å². The number of esters is 1. The number of methoxy groups -OCH3 is 2. The average Bonchev–Trinajstić information content (AvgIpc) is 3.36. The Morgan fingerprint density at radius 1 is 0.837 bits per heavy atom. The number of carbonyl (C=O) groups is 2. The van der Waals surface area contributed by atoms with Crippen LogP contribution in [0, 0.1) is 13.8 Å². The third-order valence-electron chi connectivity index (χ3n) is 7.03. The Labute approximate surface area is 258 Å². The zero-order valence-electron chi connectivity index (χ0n) is 24.4. The lowest BCUT2D eigenvalue weighted by Gasteiger charge is -2.13. The van der Waals surface area contributed by atoms with Crippen molar-refractivity contribution >= 4 is 33.5 Å². The molecule has 1 amide bonds. The van der Waals surface area contributed by atoms with E-state index in [0.29, 0.717) is 39.6 Å². The first kappa shape index (κ1) is 29.6. The minimum atomic E-state index is -0.486. The molecule has 5 aromatic rings. The molecule has 0 saturated carbocycles. The second-order valence-corrected chi connectivity index (χ2v) is 10.8. The van der Waals surface area contributed by atoms with Crippen molar-refractivity contribution in [1.82, 2.24) is 9.78 Å². The van der Waals surface area contributed by atoms with Crippen molar-refractivity contribution in [3.8, 4) is 45.5 Å². The van der Waals surface area contributed by atoms with Gasteiger partial charge in [0.15, 0.2) is 0 Å². The molecule has 9 heteroatoms. The number of nitrogens with zero attached hydrogens (tertiary/aromatic N) is 2. The Morgan fingerprint density at radius 3 is 2.14 bits per heavy atom. The molecule has 0 atom stereocenters. The Bertz CT molecular complexity index is 1810. The van der Waals surface area contributed by atoms with Crippen LogP contribution in [-0.2, 0) is 4.79 Å².